The summed E-state index contributed by atoms with van der Waals surface area (Å²) in [5, 5.41) is 0. The van der Waals surface area contributed by atoms with Gasteiger partial charge in [-0.2, -0.15) is 0 Å². The van der Waals surface area contributed by atoms with Crippen LogP contribution < -0.4 is 4.90 Å². The van der Waals surface area contributed by atoms with E-state index in [0.717, 1.165) is 30.7 Å². The number of hydrogen-bond donors (Lipinski definition) is 0. The van der Waals surface area contributed by atoms with Crippen molar-refractivity contribution in [2.75, 3.05) is 31.6 Å². The molecule has 2 aromatic rings. The average Bonchev–Trinajstić information content (AvgIpc) is 3.19. The lowest BCUT2D eigenvalue weighted by Crippen LogP contribution is -2.43. The Morgan fingerprint density at radius 3 is 3.00 bits per heavy atom. The summed E-state index contributed by atoms with van der Waals surface area (Å²) >= 11 is 0. The van der Waals surface area contributed by atoms with Crippen molar-refractivity contribution in [3.05, 3.63) is 24.0 Å². The Morgan fingerprint density at radius 2 is 2.24 bits per heavy atom. The van der Waals surface area contributed by atoms with Crippen LogP contribution in [0.5, 0.6) is 0 Å². The quantitative estimate of drug-likeness (QED) is 0.793. The third kappa shape index (κ3) is 1.95. The molecule has 2 fully saturated rings. The SMILES string of the molecule is CN1CCCC12CCN(c1ccc3oc(C=O)cc3n1)C2. The molecule has 110 valence electrons. The largest absolute Gasteiger partial charge is 0.452 e. The molecule has 2 aliphatic rings. The fourth-order valence-electron chi connectivity index (χ4n) is 3.81. The van der Waals surface area contributed by atoms with Crippen molar-refractivity contribution in [1.82, 2.24) is 9.88 Å². The zero-order valence-electron chi connectivity index (χ0n) is 12.2. The molecule has 1 atom stereocenters. The molecule has 0 bridgehead atoms. The summed E-state index contributed by atoms with van der Waals surface area (Å²) in [6.45, 7) is 3.28. The molecule has 0 aromatic carbocycles. The Balaban J connectivity index is 1.63. The van der Waals surface area contributed by atoms with Crippen LogP contribution in [0.4, 0.5) is 5.82 Å². The minimum absolute atomic E-state index is 0.334. The fraction of sp³-hybridized carbons (Fsp3) is 0.500. The molecule has 2 saturated heterocycles. The number of likely N-dealkylation sites (tertiary alicyclic amines) is 1. The predicted octanol–water partition coefficient (Wildman–Crippen LogP) is 2.31. The van der Waals surface area contributed by atoms with Crippen molar-refractivity contribution in [3.63, 3.8) is 0 Å². The van der Waals surface area contributed by atoms with E-state index in [1.807, 2.05) is 12.1 Å². The van der Waals surface area contributed by atoms with Crippen molar-refractivity contribution in [2.45, 2.75) is 24.8 Å². The number of nitrogens with zero attached hydrogens (tertiary/aromatic N) is 3. The zero-order valence-corrected chi connectivity index (χ0v) is 12.2. The van der Waals surface area contributed by atoms with Gasteiger partial charge in [0.15, 0.2) is 17.6 Å². The summed E-state index contributed by atoms with van der Waals surface area (Å²) in [6.07, 6.45) is 4.50. The van der Waals surface area contributed by atoms with Gasteiger partial charge >= 0.3 is 0 Å². The smallest absolute Gasteiger partial charge is 0.185 e. The molecule has 0 saturated carbocycles. The number of pyridine rings is 1. The van der Waals surface area contributed by atoms with Crippen LogP contribution in [0.25, 0.3) is 11.1 Å². The van der Waals surface area contributed by atoms with Crippen LogP contribution in [0.3, 0.4) is 0 Å². The van der Waals surface area contributed by atoms with Gasteiger partial charge in [0.05, 0.1) is 0 Å². The molecular weight excluding hydrogens is 266 g/mol. The summed E-state index contributed by atoms with van der Waals surface area (Å²) in [5.74, 6) is 1.32. The third-order valence-electron chi connectivity index (χ3n) is 5.10. The van der Waals surface area contributed by atoms with Crippen molar-refractivity contribution in [3.8, 4) is 0 Å². The first-order chi connectivity index (χ1) is 10.2. The summed E-state index contributed by atoms with van der Waals surface area (Å²) < 4.78 is 5.39. The number of anilines is 1. The molecule has 5 heteroatoms. The summed E-state index contributed by atoms with van der Waals surface area (Å²) in [5.41, 5.74) is 1.77. The van der Waals surface area contributed by atoms with E-state index >= 15 is 0 Å². The highest BCUT2D eigenvalue weighted by Crippen LogP contribution is 2.38. The molecule has 2 aromatic heterocycles. The van der Waals surface area contributed by atoms with E-state index in [2.05, 4.69) is 21.8 Å². The summed E-state index contributed by atoms with van der Waals surface area (Å²) in [7, 11) is 2.24. The number of furan rings is 1. The number of aldehydes is 1. The maximum Gasteiger partial charge on any atom is 0.185 e. The van der Waals surface area contributed by atoms with E-state index in [0.29, 0.717) is 16.9 Å². The van der Waals surface area contributed by atoms with E-state index in [4.69, 9.17) is 4.42 Å². The first kappa shape index (κ1) is 12.8. The van der Waals surface area contributed by atoms with E-state index in [1.54, 1.807) is 6.07 Å². The van der Waals surface area contributed by atoms with E-state index in [9.17, 15) is 4.79 Å². The van der Waals surface area contributed by atoms with Crippen LogP contribution in [0.2, 0.25) is 0 Å². The van der Waals surface area contributed by atoms with Gasteiger partial charge in [-0.15, -0.1) is 0 Å². The van der Waals surface area contributed by atoms with Crippen LogP contribution in [-0.2, 0) is 0 Å². The predicted molar refractivity (Wildman–Crippen MR) is 80.8 cm³/mol. The maximum absolute atomic E-state index is 10.8. The molecule has 4 heterocycles. The molecule has 5 nitrogen and oxygen atoms in total. The zero-order chi connectivity index (χ0) is 14.4. The van der Waals surface area contributed by atoms with Gasteiger partial charge in [0, 0.05) is 24.7 Å². The molecule has 0 N–H and O–H groups in total. The number of carbonyl (C=O) groups is 1. The molecule has 0 radical (unpaired) electrons. The Hall–Kier alpha value is -1.88. The number of hydrogen-bond acceptors (Lipinski definition) is 5. The van der Waals surface area contributed by atoms with Gasteiger partial charge in [0.2, 0.25) is 0 Å². The molecular formula is C16H19N3O2. The molecule has 0 aliphatic carbocycles. The second-order valence-corrected chi connectivity index (χ2v) is 6.24. The molecule has 21 heavy (non-hydrogen) atoms. The Bertz CT molecular complexity index is 696. The molecule has 2 aliphatic heterocycles. The third-order valence-corrected chi connectivity index (χ3v) is 5.10. The van der Waals surface area contributed by atoms with E-state index in [1.165, 1.54) is 25.8 Å². The van der Waals surface area contributed by atoms with Gasteiger partial charge < -0.3 is 9.32 Å². The van der Waals surface area contributed by atoms with Crippen LogP contribution >= 0.6 is 0 Å². The topological polar surface area (TPSA) is 49.6 Å². The number of aromatic nitrogens is 1. The van der Waals surface area contributed by atoms with Crippen molar-refractivity contribution >= 4 is 23.2 Å². The number of likely N-dealkylation sites (N-methyl/N-ethyl adjacent to an activating group) is 1. The molecule has 1 spiro atoms. The molecule has 4 rings (SSSR count). The first-order valence-electron chi connectivity index (χ1n) is 7.52. The number of fused-ring (bicyclic) bond motifs is 1. The standard InChI is InChI=1S/C16H19N3O2/c1-18-7-2-5-16(18)6-8-19(11-16)15-4-3-14-13(17-15)9-12(10-20)21-14/h3-4,9-10H,2,5-8,11H2,1H3. The van der Waals surface area contributed by atoms with Crippen molar-refractivity contribution < 1.29 is 9.21 Å². The van der Waals surface area contributed by atoms with Crippen molar-refractivity contribution in [1.29, 1.82) is 0 Å². The van der Waals surface area contributed by atoms with Crippen LogP contribution in [-0.4, -0.2) is 48.4 Å². The van der Waals surface area contributed by atoms with E-state index in [-0.39, 0.29) is 0 Å². The second-order valence-electron chi connectivity index (χ2n) is 6.24. The van der Waals surface area contributed by atoms with Crippen LogP contribution in [0.15, 0.2) is 22.6 Å². The minimum Gasteiger partial charge on any atom is -0.452 e. The Labute approximate surface area is 123 Å². The highest BCUT2D eigenvalue weighted by Gasteiger charge is 2.44. The summed E-state index contributed by atoms with van der Waals surface area (Å²) in [4.78, 5) is 20.3. The van der Waals surface area contributed by atoms with Crippen LogP contribution in [0.1, 0.15) is 29.8 Å². The first-order valence-corrected chi connectivity index (χ1v) is 7.52. The molecule has 0 amide bonds. The van der Waals surface area contributed by atoms with Gasteiger partial charge in [-0.25, -0.2) is 4.98 Å². The lowest BCUT2D eigenvalue weighted by molar-refractivity contribution is 0.110. The van der Waals surface area contributed by atoms with Gasteiger partial charge in [-0.05, 0) is 45.0 Å². The number of rotatable bonds is 2. The second kappa shape index (κ2) is 4.56. The fourth-order valence-corrected chi connectivity index (χ4v) is 3.81. The van der Waals surface area contributed by atoms with Gasteiger partial charge in [0.1, 0.15) is 11.3 Å². The van der Waals surface area contributed by atoms with Gasteiger partial charge in [0.25, 0.3) is 0 Å². The lowest BCUT2D eigenvalue weighted by Gasteiger charge is -2.32. The van der Waals surface area contributed by atoms with Crippen LogP contribution in [0, 0.1) is 0 Å². The normalized spacial score (nSPS) is 26.2. The van der Waals surface area contributed by atoms with E-state index < -0.39 is 0 Å². The molecule has 1 unspecified atom stereocenters. The lowest BCUT2D eigenvalue weighted by atomic mass is 9.96. The van der Waals surface area contributed by atoms with Gasteiger partial charge in [-0.1, -0.05) is 0 Å². The van der Waals surface area contributed by atoms with Crippen molar-refractivity contribution in [2.24, 2.45) is 0 Å². The monoisotopic (exact) mass is 285 g/mol. The van der Waals surface area contributed by atoms with Gasteiger partial charge in [-0.3, -0.25) is 9.69 Å². The maximum atomic E-state index is 10.8. The highest BCUT2D eigenvalue weighted by molar-refractivity contribution is 5.83. The Morgan fingerprint density at radius 1 is 1.33 bits per heavy atom. The average molecular weight is 285 g/mol. The highest BCUT2D eigenvalue weighted by atomic mass is 16.3. The summed E-state index contributed by atoms with van der Waals surface area (Å²) in [6, 6.07) is 5.61. The minimum atomic E-state index is 0.334. The number of carbonyl (C=O) groups excluding carboxylic acids is 1. The Kier molecular flexibility index (Phi) is 2.79.